The molecule has 0 aromatic heterocycles. The maximum absolute atomic E-state index is 12.4. The minimum atomic E-state index is -4.94. The van der Waals surface area contributed by atoms with Crippen LogP contribution in [-0.2, 0) is 10.0 Å². The minimum absolute atomic E-state index is 0.0354. The lowest BCUT2D eigenvalue weighted by Crippen LogP contribution is -2.20. The number of nitrogens with one attached hydrogen (secondary N) is 1. The maximum Gasteiger partial charge on any atom is 0.573 e. The van der Waals surface area contributed by atoms with Crippen molar-refractivity contribution in [2.75, 3.05) is 4.72 Å². The molecule has 0 spiro atoms. The lowest BCUT2D eigenvalue weighted by molar-refractivity contribution is -0.274. The molecule has 0 radical (unpaired) electrons. The molecule has 0 unspecified atom stereocenters. The minimum Gasteiger partial charge on any atom is -0.404 e. The summed E-state index contributed by atoms with van der Waals surface area (Å²) in [6.45, 7) is 1.72. The molecule has 2 aromatic rings. The van der Waals surface area contributed by atoms with E-state index in [9.17, 15) is 21.6 Å². The van der Waals surface area contributed by atoms with Gasteiger partial charge in [0.05, 0.1) is 10.7 Å². The summed E-state index contributed by atoms with van der Waals surface area (Å²) in [7, 11) is -4.17. The van der Waals surface area contributed by atoms with Crippen LogP contribution in [0.3, 0.4) is 0 Å². The highest BCUT2D eigenvalue weighted by atomic mass is 35.5. The van der Waals surface area contributed by atoms with Gasteiger partial charge < -0.3 is 4.74 Å². The van der Waals surface area contributed by atoms with Crippen LogP contribution in [0.5, 0.6) is 5.75 Å². The Kier molecular flexibility index (Phi) is 4.76. The Hall–Kier alpha value is -1.93. The summed E-state index contributed by atoms with van der Waals surface area (Å²) < 4.78 is 67.6. The molecule has 0 atom stereocenters. The number of hydrogen-bond donors (Lipinski definition) is 1. The number of rotatable bonds is 4. The average Bonchev–Trinajstić information content (AvgIpc) is 2.38. The number of hydrogen-bond acceptors (Lipinski definition) is 3. The highest BCUT2D eigenvalue weighted by molar-refractivity contribution is 7.92. The molecule has 0 fully saturated rings. The standard InChI is InChI=1S/C14H11ClF3NO3S/c1-9-6-7-13(10(15)8-9)23(20,21)19-11-4-2-3-5-12(11)22-14(16,17)18/h2-8,19H,1H3. The third kappa shape index (κ3) is 4.52. The Morgan fingerprint density at radius 2 is 1.78 bits per heavy atom. The van der Waals surface area contributed by atoms with Crippen LogP contribution in [0.4, 0.5) is 18.9 Å². The van der Waals surface area contributed by atoms with E-state index in [-0.39, 0.29) is 15.6 Å². The normalized spacial score (nSPS) is 12.0. The zero-order chi connectivity index (χ0) is 17.3. The number of ether oxygens (including phenoxy) is 1. The summed E-state index contributed by atoms with van der Waals surface area (Å²) in [6, 6.07) is 9.05. The molecule has 2 aromatic carbocycles. The van der Waals surface area contributed by atoms with Crippen LogP contribution in [0.15, 0.2) is 47.4 Å². The first-order valence-electron chi connectivity index (χ1n) is 6.22. The molecule has 1 N–H and O–H groups in total. The van der Waals surface area contributed by atoms with E-state index in [1.54, 1.807) is 6.92 Å². The number of aryl methyl sites for hydroxylation is 1. The summed E-state index contributed by atoms with van der Waals surface area (Å²) in [4.78, 5) is -0.244. The molecule has 0 bridgehead atoms. The Balaban J connectivity index is 2.38. The summed E-state index contributed by atoms with van der Waals surface area (Å²) in [5.74, 6) is -0.660. The number of anilines is 1. The van der Waals surface area contributed by atoms with Gasteiger partial charge in [0.25, 0.3) is 10.0 Å². The van der Waals surface area contributed by atoms with E-state index in [0.29, 0.717) is 0 Å². The number of para-hydroxylation sites is 2. The topological polar surface area (TPSA) is 55.4 Å². The number of sulfonamides is 1. The van der Waals surface area contributed by atoms with Crippen LogP contribution < -0.4 is 9.46 Å². The van der Waals surface area contributed by atoms with Crippen molar-refractivity contribution in [3.05, 3.63) is 53.1 Å². The van der Waals surface area contributed by atoms with Crippen molar-refractivity contribution in [3.8, 4) is 5.75 Å². The predicted octanol–water partition coefficient (Wildman–Crippen LogP) is 4.35. The highest BCUT2D eigenvalue weighted by Gasteiger charge is 2.32. The Labute approximate surface area is 135 Å². The molecule has 0 saturated heterocycles. The van der Waals surface area contributed by atoms with Crippen LogP contribution in [0.1, 0.15) is 5.56 Å². The molecule has 9 heteroatoms. The smallest absolute Gasteiger partial charge is 0.404 e. The SMILES string of the molecule is Cc1ccc(S(=O)(=O)Nc2ccccc2OC(F)(F)F)c(Cl)c1. The molecule has 0 aliphatic rings. The van der Waals surface area contributed by atoms with Gasteiger partial charge >= 0.3 is 6.36 Å². The van der Waals surface area contributed by atoms with Gasteiger partial charge in [-0.2, -0.15) is 0 Å². The lowest BCUT2D eigenvalue weighted by Gasteiger charge is -2.15. The molecule has 124 valence electrons. The van der Waals surface area contributed by atoms with E-state index in [0.717, 1.165) is 17.7 Å². The van der Waals surface area contributed by atoms with Crippen molar-refractivity contribution in [2.24, 2.45) is 0 Å². The number of benzene rings is 2. The molecule has 23 heavy (non-hydrogen) atoms. The zero-order valence-corrected chi connectivity index (χ0v) is 13.3. The molecule has 2 rings (SSSR count). The summed E-state index contributed by atoms with van der Waals surface area (Å²) >= 11 is 5.90. The molecule has 0 aliphatic heterocycles. The van der Waals surface area contributed by atoms with Gasteiger partial charge in [-0.1, -0.05) is 29.8 Å². The monoisotopic (exact) mass is 365 g/mol. The average molecular weight is 366 g/mol. The van der Waals surface area contributed by atoms with Crippen LogP contribution in [-0.4, -0.2) is 14.8 Å². The van der Waals surface area contributed by atoms with Gasteiger partial charge in [-0.25, -0.2) is 8.42 Å². The van der Waals surface area contributed by atoms with E-state index in [4.69, 9.17) is 11.6 Å². The quantitative estimate of drug-likeness (QED) is 0.876. The van der Waals surface area contributed by atoms with Crippen molar-refractivity contribution in [2.45, 2.75) is 18.2 Å². The molecule has 0 aliphatic carbocycles. The maximum atomic E-state index is 12.4. The van der Waals surface area contributed by atoms with E-state index >= 15 is 0 Å². The van der Waals surface area contributed by atoms with Crippen molar-refractivity contribution < 1.29 is 26.3 Å². The van der Waals surface area contributed by atoms with E-state index in [1.165, 1.54) is 30.3 Å². The fraction of sp³-hybridized carbons (Fsp3) is 0.143. The Morgan fingerprint density at radius 1 is 1.13 bits per heavy atom. The van der Waals surface area contributed by atoms with Crippen molar-refractivity contribution in [3.63, 3.8) is 0 Å². The lowest BCUT2D eigenvalue weighted by atomic mass is 10.2. The molecule has 4 nitrogen and oxygen atoms in total. The fourth-order valence-corrected chi connectivity index (χ4v) is 3.46. The van der Waals surface area contributed by atoms with Crippen molar-refractivity contribution in [1.82, 2.24) is 0 Å². The summed E-state index contributed by atoms with van der Waals surface area (Å²) in [6.07, 6.45) is -4.94. The largest absolute Gasteiger partial charge is 0.573 e. The molecular formula is C14H11ClF3NO3S. The second-order valence-electron chi connectivity index (χ2n) is 4.58. The zero-order valence-electron chi connectivity index (χ0n) is 11.7. The van der Waals surface area contributed by atoms with Crippen molar-refractivity contribution >= 4 is 27.3 Å². The first-order chi connectivity index (χ1) is 10.6. The second-order valence-corrected chi connectivity index (χ2v) is 6.64. The molecule has 0 amide bonds. The van der Waals surface area contributed by atoms with Crippen LogP contribution in [0.2, 0.25) is 5.02 Å². The second kappa shape index (κ2) is 6.29. The predicted molar refractivity (Wildman–Crippen MR) is 80.1 cm³/mol. The Morgan fingerprint density at radius 3 is 2.39 bits per heavy atom. The van der Waals surface area contributed by atoms with E-state index < -0.39 is 22.1 Å². The van der Waals surface area contributed by atoms with E-state index in [2.05, 4.69) is 4.74 Å². The van der Waals surface area contributed by atoms with Gasteiger partial charge in [0, 0.05) is 0 Å². The molecule has 0 heterocycles. The number of halogens is 4. The number of alkyl halides is 3. The van der Waals surface area contributed by atoms with Gasteiger partial charge in [0.2, 0.25) is 0 Å². The first-order valence-corrected chi connectivity index (χ1v) is 8.08. The Bertz CT molecular complexity index is 822. The van der Waals surface area contributed by atoms with Gasteiger partial charge in [-0.05, 0) is 36.8 Å². The molecular weight excluding hydrogens is 355 g/mol. The van der Waals surface area contributed by atoms with Gasteiger partial charge in [0.1, 0.15) is 4.90 Å². The van der Waals surface area contributed by atoms with Crippen LogP contribution >= 0.6 is 11.6 Å². The first kappa shape index (κ1) is 17.4. The fourth-order valence-electron chi connectivity index (χ4n) is 1.79. The summed E-state index contributed by atoms with van der Waals surface area (Å²) in [5, 5.41) is -0.0354. The van der Waals surface area contributed by atoms with Crippen molar-refractivity contribution in [1.29, 1.82) is 0 Å². The van der Waals surface area contributed by atoms with Gasteiger partial charge in [-0.15, -0.1) is 13.2 Å². The molecule has 0 saturated carbocycles. The van der Waals surface area contributed by atoms with Crippen LogP contribution in [0.25, 0.3) is 0 Å². The highest BCUT2D eigenvalue weighted by Crippen LogP contribution is 2.32. The van der Waals surface area contributed by atoms with Crippen LogP contribution in [0, 0.1) is 6.92 Å². The van der Waals surface area contributed by atoms with E-state index in [1.807, 2.05) is 4.72 Å². The summed E-state index contributed by atoms with van der Waals surface area (Å²) in [5.41, 5.74) is 0.399. The third-order valence-electron chi connectivity index (χ3n) is 2.73. The van der Waals surface area contributed by atoms with Gasteiger partial charge in [0.15, 0.2) is 5.75 Å². The third-order valence-corrected chi connectivity index (χ3v) is 4.58. The van der Waals surface area contributed by atoms with Gasteiger partial charge in [-0.3, -0.25) is 4.72 Å².